The zero-order valence-electron chi connectivity index (χ0n) is 13.5. The van der Waals surface area contributed by atoms with Gasteiger partial charge < -0.3 is 10.4 Å². The summed E-state index contributed by atoms with van der Waals surface area (Å²) >= 11 is 4.92. The molecular weight excluding hydrogens is 376 g/mol. The molecule has 0 aliphatic rings. The highest BCUT2D eigenvalue weighted by atomic mass is 32.1. The first kappa shape index (κ1) is 19.5. The van der Waals surface area contributed by atoms with Crippen LogP contribution in [0.5, 0.6) is 5.75 Å². The number of nitrogens with one attached hydrogen (secondary N) is 2. The average molecular weight is 388 g/mol. The van der Waals surface area contributed by atoms with E-state index in [1.54, 1.807) is 6.07 Å². The number of thiocarbonyl (C=S) groups is 1. The number of hydrogen-bond donors (Lipinski definition) is 3. The van der Waals surface area contributed by atoms with E-state index in [1.807, 2.05) is 0 Å². The lowest BCUT2D eigenvalue weighted by Crippen LogP contribution is -2.32. The van der Waals surface area contributed by atoms with E-state index >= 15 is 0 Å². The third-order valence-electron chi connectivity index (χ3n) is 3.18. The molecule has 1 amide bonds. The highest BCUT2D eigenvalue weighted by Gasteiger charge is 2.12. The fraction of sp³-hybridized carbons (Fsp3) is 0. The third-order valence-corrected chi connectivity index (χ3v) is 3.39. The minimum Gasteiger partial charge on any atom is -0.506 e. The summed E-state index contributed by atoms with van der Waals surface area (Å²) in [5.74, 6) is -0.923. The Balaban J connectivity index is 2.01. The minimum absolute atomic E-state index is 0.0443. The molecule has 0 heterocycles. The molecule has 0 saturated carbocycles. The predicted octanol–water partition coefficient (Wildman–Crippen LogP) is 2.74. The maximum absolute atomic E-state index is 11.9. The molecule has 2 aromatic rings. The summed E-state index contributed by atoms with van der Waals surface area (Å²) in [6.07, 6.45) is 2.47. The zero-order chi connectivity index (χ0) is 20.0. The van der Waals surface area contributed by atoms with Gasteiger partial charge >= 0.3 is 0 Å². The van der Waals surface area contributed by atoms with E-state index in [-0.39, 0.29) is 27.9 Å². The van der Waals surface area contributed by atoms with Crippen molar-refractivity contribution in [2.75, 3.05) is 5.32 Å². The van der Waals surface area contributed by atoms with E-state index in [0.29, 0.717) is 5.56 Å². The van der Waals surface area contributed by atoms with Crippen LogP contribution in [0.15, 0.2) is 48.5 Å². The Morgan fingerprint density at radius 3 is 2.41 bits per heavy atom. The Kier molecular flexibility index (Phi) is 6.12. The molecule has 3 N–H and O–H groups in total. The molecule has 0 radical (unpaired) electrons. The second kappa shape index (κ2) is 8.49. The van der Waals surface area contributed by atoms with Crippen LogP contribution in [0, 0.1) is 20.2 Å². The Hall–Kier alpha value is -3.86. The number of phenolic OH excluding ortho intramolecular Hbond substituents is 1. The lowest BCUT2D eigenvalue weighted by Gasteiger charge is -2.09. The number of amides is 1. The van der Waals surface area contributed by atoms with Crippen molar-refractivity contribution >= 4 is 46.4 Å². The molecule has 2 rings (SSSR count). The van der Waals surface area contributed by atoms with Crippen LogP contribution in [-0.4, -0.2) is 26.0 Å². The molecule has 138 valence electrons. The molecule has 11 heteroatoms. The number of phenols is 1. The van der Waals surface area contributed by atoms with Gasteiger partial charge in [-0.05, 0) is 29.9 Å². The summed E-state index contributed by atoms with van der Waals surface area (Å²) < 4.78 is 0. The van der Waals surface area contributed by atoms with Crippen LogP contribution < -0.4 is 10.6 Å². The number of carbonyl (C=O) groups excluding carboxylic acids is 1. The standard InChI is InChI=1S/C16H12N4O6S/c21-14-6-5-12(20(25)26)9-13(14)17-16(27)18-15(22)7-4-10-2-1-3-11(8-10)19(23)24/h1-9,21H,(H2,17,18,22,27)/b7-4+. The van der Waals surface area contributed by atoms with Crippen LogP contribution in [0.2, 0.25) is 0 Å². The average Bonchev–Trinajstić information content (AvgIpc) is 2.61. The van der Waals surface area contributed by atoms with E-state index in [9.17, 15) is 30.1 Å². The van der Waals surface area contributed by atoms with Gasteiger partial charge in [-0.25, -0.2) is 0 Å². The Labute approximate surface area is 157 Å². The third kappa shape index (κ3) is 5.57. The van der Waals surface area contributed by atoms with Gasteiger partial charge in [-0.15, -0.1) is 0 Å². The number of carbonyl (C=O) groups is 1. The van der Waals surface area contributed by atoms with Gasteiger partial charge in [-0.1, -0.05) is 12.1 Å². The summed E-state index contributed by atoms with van der Waals surface area (Å²) in [5.41, 5.74) is 0.0117. The second-order valence-corrected chi connectivity index (χ2v) is 5.50. The molecule has 0 aliphatic heterocycles. The van der Waals surface area contributed by atoms with Crippen LogP contribution in [0.4, 0.5) is 17.1 Å². The first-order valence-electron chi connectivity index (χ1n) is 7.28. The Bertz CT molecular complexity index is 960. The molecule has 0 aliphatic carbocycles. The summed E-state index contributed by atoms with van der Waals surface area (Å²) in [5, 5.41) is 35.7. The van der Waals surface area contributed by atoms with E-state index < -0.39 is 15.8 Å². The number of hydrogen-bond acceptors (Lipinski definition) is 7. The number of nitro benzene ring substituents is 2. The largest absolute Gasteiger partial charge is 0.506 e. The van der Waals surface area contributed by atoms with Gasteiger partial charge in [0.1, 0.15) is 5.75 Å². The molecule has 0 unspecified atom stereocenters. The van der Waals surface area contributed by atoms with Crippen molar-refractivity contribution in [3.63, 3.8) is 0 Å². The molecule has 0 spiro atoms. The van der Waals surface area contributed by atoms with Crippen molar-refractivity contribution in [3.05, 3.63) is 74.3 Å². The van der Waals surface area contributed by atoms with Gasteiger partial charge in [0.2, 0.25) is 5.91 Å². The highest BCUT2D eigenvalue weighted by Crippen LogP contribution is 2.27. The zero-order valence-corrected chi connectivity index (χ0v) is 14.3. The van der Waals surface area contributed by atoms with Crippen LogP contribution in [-0.2, 0) is 4.79 Å². The second-order valence-electron chi connectivity index (χ2n) is 5.09. The van der Waals surface area contributed by atoms with Crippen molar-refractivity contribution < 1.29 is 19.7 Å². The number of nitro groups is 2. The van der Waals surface area contributed by atoms with Crippen LogP contribution in [0.3, 0.4) is 0 Å². The van der Waals surface area contributed by atoms with Crippen molar-refractivity contribution in [2.24, 2.45) is 0 Å². The number of benzene rings is 2. The van der Waals surface area contributed by atoms with Gasteiger partial charge in [0, 0.05) is 30.3 Å². The molecule has 0 aromatic heterocycles. The highest BCUT2D eigenvalue weighted by molar-refractivity contribution is 7.80. The summed E-state index contributed by atoms with van der Waals surface area (Å²) in [4.78, 5) is 32.1. The number of nitrogens with zero attached hydrogens (tertiary/aromatic N) is 2. The number of aromatic hydroxyl groups is 1. The van der Waals surface area contributed by atoms with E-state index in [0.717, 1.165) is 24.3 Å². The minimum atomic E-state index is -0.645. The normalized spacial score (nSPS) is 10.4. The first-order valence-corrected chi connectivity index (χ1v) is 7.69. The van der Waals surface area contributed by atoms with Crippen LogP contribution in [0.1, 0.15) is 5.56 Å². The topological polar surface area (TPSA) is 148 Å². The number of rotatable bonds is 5. The van der Waals surface area contributed by atoms with Gasteiger partial charge in [0.15, 0.2) is 5.11 Å². The summed E-state index contributed by atoms with van der Waals surface area (Å²) in [7, 11) is 0. The molecule has 2 aromatic carbocycles. The van der Waals surface area contributed by atoms with E-state index in [1.165, 1.54) is 24.3 Å². The number of non-ortho nitro benzene ring substituents is 2. The maximum atomic E-state index is 11.9. The van der Waals surface area contributed by atoms with Gasteiger partial charge in [-0.2, -0.15) is 0 Å². The molecule has 0 saturated heterocycles. The maximum Gasteiger partial charge on any atom is 0.271 e. The van der Waals surface area contributed by atoms with Crippen LogP contribution in [0.25, 0.3) is 6.08 Å². The quantitative estimate of drug-likeness (QED) is 0.233. The molecule has 0 atom stereocenters. The van der Waals surface area contributed by atoms with Crippen molar-refractivity contribution in [2.45, 2.75) is 0 Å². The summed E-state index contributed by atoms with van der Waals surface area (Å²) in [6.45, 7) is 0. The lowest BCUT2D eigenvalue weighted by atomic mass is 10.2. The Morgan fingerprint density at radius 1 is 1.07 bits per heavy atom. The fourth-order valence-corrected chi connectivity index (χ4v) is 2.17. The van der Waals surface area contributed by atoms with E-state index in [4.69, 9.17) is 12.2 Å². The SMILES string of the molecule is O=C(/C=C/c1cccc([N+](=O)[O-])c1)NC(=S)Nc1cc([N+](=O)[O-])ccc1O. The first-order chi connectivity index (χ1) is 12.8. The number of anilines is 1. The lowest BCUT2D eigenvalue weighted by molar-refractivity contribution is -0.385. The smallest absolute Gasteiger partial charge is 0.271 e. The molecule has 0 fully saturated rings. The van der Waals surface area contributed by atoms with Gasteiger partial charge in [-0.3, -0.25) is 30.3 Å². The van der Waals surface area contributed by atoms with Crippen molar-refractivity contribution in [1.82, 2.24) is 5.32 Å². The van der Waals surface area contributed by atoms with Gasteiger partial charge in [0.25, 0.3) is 11.4 Å². The Morgan fingerprint density at radius 2 is 1.74 bits per heavy atom. The van der Waals surface area contributed by atoms with Gasteiger partial charge in [0.05, 0.1) is 15.5 Å². The molecule has 10 nitrogen and oxygen atoms in total. The molecular formula is C16H12N4O6S. The molecule has 0 bridgehead atoms. The van der Waals surface area contributed by atoms with Crippen LogP contribution >= 0.6 is 12.2 Å². The molecule has 27 heavy (non-hydrogen) atoms. The van der Waals surface area contributed by atoms with E-state index in [2.05, 4.69) is 10.6 Å². The van der Waals surface area contributed by atoms with Crippen molar-refractivity contribution in [3.8, 4) is 5.75 Å². The summed E-state index contributed by atoms with van der Waals surface area (Å²) in [6, 6.07) is 8.97. The monoisotopic (exact) mass is 388 g/mol. The fourth-order valence-electron chi connectivity index (χ4n) is 1.96. The predicted molar refractivity (Wildman–Crippen MR) is 101 cm³/mol. The van der Waals surface area contributed by atoms with Crippen molar-refractivity contribution in [1.29, 1.82) is 0 Å².